The number of rotatable bonds is 9. The van der Waals surface area contributed by atoms with E-state index in [-0.39, 0.29) is 5.91 Å². The Labute approximate surface area is 188 Å². The van der Waals surface area contributed by atoms with E-state index in [0.717, 1.165) is 40.3 Å². The van der Waals surface area contributed by atoms with E-state index in [0.29, 0.717) is 25.3 Å². The number of hydrogen-bond acceptors (Lipinski definition) is 4. The fourth-order valence-electron chi connectivity index (χ4n) is 3.19. The van der Waals surface area contributed by atoms with E-state index in [1.54, 1.807) is 11.8 Å². The summed E-state index contributed by atoms with van der Waals surface area (Å²) in [6, 6.07) is 8.27. The molecular formula is C23H29ClN4OS. The highest BCUT2D eigenvalue weighted by molar-refractivity contribution is 7.99. The van der Waals surface area contributed by atoms with Crippen LogP contribution in [0.3, 0.4) is 0 Å². The van der Waals surface area contributed by atoms with Crippen molar-refractivity contribution < 1.29 is 4.79 Å². The van der Waals surface area contributed by atoms with Gasteiger partial charge in [-0.15, -0.1) is 10.2 Å². The van der Waals surface area contributed by atoms with Gasteiger partial charge in [0.15, 0.2) is 5.16 Å². The lowest BCUT2D eigenvalue weighted by Gasteiger charge is -2.13. The molecule has 1 aromatic carbocycles. The van der Waals surface area contributed by atoms with E-state index < -0.39 is 0 Å². The van der Waals surface area contributed by atoms with Crippen LogP contribution in [0.1, 0.15) is 44.5 Å². The Morgan fingerprint density at radius 2 is 2.17 bits per heavy atom. The highest BCUT2D eigenvalue weighted by Crippen LogP contribution is 2.28. The van der Waals surface area contributed by atoms with E-state index in [4.69, 9.17) is 11.6 Å². The van der Waals surface area contributed by atoms with Crippen LogP contribution in [-0.2, 0) is 11.2 Å². The Hall–Kier alpha value is -2.05. The number of amides is 1. The summed E-state index contributed by atoms with van der Waals surface area (Å²) in [6.07, 6.45) is 7.10. The summed E-state index contributed by atoms with van der Waals surface area (Å²) in [7, 11) is 0. The number of hydrogen-bond donors (Lipinski definition) is 1. The number of allylic oxidation sites excluding steroid dienone is 3. The third kappa shape index (κ3) is 6.47. The van der Waals surface area contributed by atoms with Crippen LogP contribution in [-0.4, -0.2) is 33.0 Å². The molecule has 2 aromatic rings. The molecule has 0 saturated carbocycles. The topological polar surface area (TPSA) is 59.8 Å². The first-order valence-corrected chi connectivity index (χ1v) is 11.7. The minimum absolute atomic E-state index is 0.0452. The molecule has 0 saturated heterocycles. The van der Waals surface area contributed by atoms with E-state index in [2.05, 4.69) is 65.1 Å². The molecule has 30 heavy (non-hydrogen) atoms. The zero-order valence-electron chi connectivity index (χ0n) is 17.8. The summed E-state index contributed by atoms with van der Waals surface area (Å²) < 4.78 is 2.07. The van der Waals surface area contributed by atoms with Gasteiger partial charge in [-0.1, -0.05) is 55.4 Å². The van der Waals surface area contributed by atoms with Crippen molar-refractivity contribution in [3.05, 3.63) is 58.4 Å². The molecule has 0 atom stereocenters. The summed E-state index contributed by atoms with van der Waals surface area (Å²) in [4.78, 5) is 12.2. The van der Waals surface area contributed by atoms with Gasteiger partial charge in [-0.05, 0) is 55.0 Å². The van der Waals surface area contributed by atoms with Gasteiger partial charge in [-0.2, -0.15) is 0 Å². The number of aryl methyl sites for hydroxylation is 2. The molecule has 0 bridgehead atoms. The summed E-state index contributed by atoms with van der Waals surface area (Å²) >= 11 is 7.84. The van der Waals surface area contributed by atoms with E-state index in [1.807, 2.05) is 12.1 Å². The van der Waals surface area contributed by atoms with Gasteiger partial charge in [-0.3, -0.25) is 9.36 Å². The van der Waals surface area contributed by atoms with Gasteiger partial charge in [0.05, 0.1) is 0 Å². The summed E-state index contributed by atoms with van der Waals surface area (Å²) in [5.41, 5.74) is 3.40. The fourth-order valence-corrected chi connectivity index (χ4v) is 4.37. The molecule has 0 fully saturated rings. The zero-order valence-corrected chi connectivity index (χ0v) is 19.4. The normalized spacial score (nSPS) is 13.9. The van der Waals surface area contributed by atoms with Crippen molar-refractivity contribution >= 4 is 29.3 Å². The maximum absolute atomic E-state index is 12.2. The van der Waals surface area contributed by atoms with Gasteiger partial charge >= 0.3 is 0 Å². The second kappa shape index (κ2) is 10.8. The Bertz CT molecular complexity index is 948. The number of thioether (sulfide) groups is 1. The molecule has 160 valence electrons. The van der Waals surface area contributed by atoms with Crippen LogP contribution in [0.25, 0.3) is 5.69 Å². The van der Waals surface area contributed by atoms with Crippen LogP contribution in [0.4, 0.5) is 0 Å². The largest absolute Gasteiger partial charge is 0.356 e. The predicted molar refractivity (Wildman–Crippen MR) is 124 cm³/mol. The van der Waals surface area contributed by atoms with Gasteiger partial charge < -0.3 is 5.32 Å². The van der Waals surface area contributed by atoms with Gasteiger partial charge in [0.2, 0.25) is 5.91 Å². The Kier molecular flexibility index (Phi) is 8.16. The first-order chi connectivity index (χ1) is 14.4. The molecule has 1 heterocycles. The van der Waals surface area contributed by atoms with Crippen molar-refractivity contribution in [3.8, 4) is 5.69 Å². The third-order valence-corrected chi connectivity index (χ3v) is 6.04. The highest BCUT2D eigenvalue weighted by Gasteiger charge is 2.17. The molecule has 1 N–H and O–H groups in total. The van der Waals surface area contributed by atoms with Crippen LogP contribution in [0.5, 0.6) is 0 Å². The fraction of sp³-hybridized carbons (Fsp3) is 0.435. The molecule has 0 aliphatic heterocycles. The Balaban J connectivity index is 1.77. The Morgan fingerprint density at radius 3 is 2.90 bits per heavy atom. The quantitative estimate of drug-likeness (QED) is 0.539. The van der Waals surface area contributed by atoms with E-state index in [9.17, 15) is 4.79 Å². The third-order valence-electron chi connectivity index (χ3n) is 4.74. The molecule has 1 aliphatic rings. The number of nitrogens with zero attached hydrogens (tertiary/aromatic N) is 3. The first kappa shape index (κ1) is 22.6. The minimum Gasteiger partial charge on any atom is -0.356 e. The van der Waals surface area contributed by atoms with E-state index in [1.165, 1.54) is 11.1 Å². The van der Waals surface area contributed by atoms with Crippen LogP contribution in [0.15, 0.2) is 52.2 Å². The van der Waals surface area contributed by atoms with Crippen LogP contribution < -0.4 is 5.32 Å². The molecule has 1 aromatic heterocycles. The number of aromatic nitrogens is 3. The van der Waals surface area contributed by atoms with Crippen molar-refractivity contribution in [3.63, 3.8) is 0 Å². The van der Waals surface area contributed by atoms with Gasteiger partial charge in [0, 0.05) is 35.9 Å². The lowest BCUT2D eigenvalue weighted by Crippen LogP contribution is -2.27. The van der Waals surface area contributed by atoms with Gasteiger partial charge in [-0.25, -0.2) is 0 Å². The average molecular weight is 445 g/mol. The maximum atomic E-state index is 12.2. The van der Waals surface area contributed by atoms with Crippen molar-refractivity contribution in [2.24, 2.45) is 5.92 Å². The molecule has 1 aliphatic carbocycles. The number of carbonyl (C=O) groups excluding carboxylic acids is 1. The van der Waals surface area contributed by atoms with Crippen LogP contribution >= 0.6 is 23.4 Å². The smallest absolute Gasteiger partial charge is 0.220 e. The Morgan fingerprint density at radius 1 is 1.33 bits per heavy atom. The lowest BCUT2D eigenvalue weighted by atomic mass is 10.1. The summed E-state index contributed by atoms with van der Waals surface area (Å²) in [5, 5.41) is 13.6. The van der Waals surface area contributed by atoms with Crippen molar-refractivity contribution in [1.82, 2.24) is 20.1 Å². The van der Waals surface area contributed by atoms with Crippen molar-refractivity contribution in [2.75, 3.05) is 12.3 Å². The predicted octanol–water partition coefficient (Wildman–Crippen LogP) is 5.22. The standard InChI is InChI=1S/C23H29ClN4OS/c1-16(2)14-25-22(29)11-10-21-26-27-23(28(21)20-9-4-6-17(3)12-20)30-15-18-7-5-8-19(24)13-18/h4,6-7,9,12-13,16H,5,8,10-11,14-15H2,1-3H3,(H,25,29). The molecular weight excluding hydrogens is 416 g/mol. The van der Waals surface area contributed by atoms with Crippen LogP contribution in [0.2, 0.25) is 0 Å². The molecule has 3 rings (SSSR count). The molecule has 5 nitrogen and oxygen atoms in total. The maximum Gasteiger partial charge on any atom is 0.220 e. The number of nitrogens with one attached hydrogen (secondary N) is 1. The molecule has 1 amide bonds. The monoisotopic (exact) mass is 444 g/mol. The highest BCUT2D eigenvalue weighted by atomic mass is 35.5. The van der Waals surface area contributed by atoms with Gasteiger partial charge in [0.25, 0.3) is 0 Å². The van der Waals surface area contributed by atoms with Gasteiger partial charge in [0.1, 0.15) is 5.82 Å². The molecule has 0 spiro atoms. The lowest BCUT2D eigenvalue weighted by molar-refractivity contribution is -0.121. The minimum atomic E-state index is 0.0452. The van der Waals surface area contributed by atoms with Crippen LogP contribution in [0, 0.1) is 12.8 Å². The average Bonchev–Trinajstić information content (AvgIpc) is 3.12. The van der Waals surface area contributed by atoms with E-state index >= 15 is 0 Å². The second-order valence-corrected chi connectivity index (χ2v) is 9.40. The zero-order chi connectivity index (χ0) is 21.5. The van der Waals surface area contributed by atoms with Crippen molar-refractivity contribution in [2.45, 2.75) is 51.6 Å². The second-order valence-electron chi connectivity index (χ2n) is 7.97. The molecule has 0 unspecified atom stereocenters. The molecule has 0 radical (unpaired) electrons. The van der Waals surface area contributed by atoms with Crippen molar-refractivity contribution in [1.29, 1.82) is 0 Å². The SMILES string of the molecule is Cc1cccc(-n2c(CCC(=O)NCC(C)C)nnc2SCC2=CCCC(Cl)=C2)c1. The number of halogens is 1. The number of benzene rings is 1. The summed E-state index contributed by atoms with van der Waals surface area (Å²) in [5.74, 6) is 2.07. The number of carbonyl (C=O) groups is 1. The molecule has 7 heteroatoms. The first-order valence-electron chi connectivity index (χ1n) is 10.4. The summed E-state index contributed by atoms with van der Waals surface area (Å²) in [6.45, 7) is 6.93.